The first-order chi connectivity index (χ1) is 6.81. The molecule has 0 aliphatic rings. The molecule has 4 heteroatoms. The molecule has 0 unspecified atom stereocenters. The van der Waals surface area contributed by atoms with Crippen LogP contribution in [0, 0.1) is 5.82 Å². The molecule has 14 heavy (non-hydrogen) atoms. The molecule has 0 spiro atoms. The Hall–Kier alpha value is -1.35. The summed E-state index contributed by atoms with van der Waals surface area (Å²) in [5, 5.41) is 3.62. The van der Waals surface area contributed by atoms with Gasteiger partial charge >= 0.3 is 0 Å². The summed E-state index contributed by atoms with van der Waals surface area (Å²) >= 11 is 5.67. The van der Waals surface area contributed by atoms with Crippen LogP contribution in [0.5, 0.6) is 0 Å². The van der Waals surface area contributed by atoms with Crippen LogP contribution in [-0.2, 0) is 5.88 Å². The average molecular weight is 212 g/mol. The molecule has 2 aromatic rings. The standard InChI is InChI=1S/C10H7ClFNO/c11-5-8-6-13-14-10(8)7-2-1-3-9(12)4-7/h1-4,6H,5H2. The lowest BCUT2D eigenvalue weighted by atomic mass is 10.1. The van der Waals surface area contributed by atoms with Gasteiger partial charge in [0.25, 0.3) is 0 Å². The normalized spacial score (nSPS) is 10.4. The minimum Gasteiger partial charge on any atom is -0.356 e. The van der Waals surface area contributed by atoms with E-state index in [1.165, 1.54) is 18.3 Å². The highest BCUT2D eigenvalue weighted by Gasteiger charge is 2.09. The van der Waals surface area contributed by atoms with E-state index in [9.17, 15) is 4.39 Å². The Morgan fingerprint density at radius 3 is 3.00 bits per heavy atom. The molecular weight excluding hydrogens is 205 g/mol. The molecule has 0 saturated carbocycles. The third kappa shape index (κ3) is 1.63. The Labute approximate surface area is 85.3 Å². The Bertz CT molecular complexity index is 441. The van der Waals surface area contributed by atoms with Crippen molar-refractivity contribution in [3.63, 3.8) is 0 Å². The molecule has 0 radical (unpaired) electrons. The maximum Gasteiger partial charge on any atom is 0.171 e. The Morgan fingerprint density at radius 2 is 2.29 bits per heavy atom. The van der Waals surface area contributed by atoms with E-state index in [2.05, 4.69) is 5.16 Å². The zero-order valence-electron chi connectivity index (χ0n) is 7.21. The van der Waals surface area contributed by atoms with Gasteiger partial charge in [-0.3, -0.25) is 0 Å². The van der Waals surface area contributed by atoms with Crippen molar-refractivity contribution < 1.29 is 8.91 Å². The molecule has 72 valence electrons. The average Bonchev–Trinajstić information content (AvgIpc) is 2.65. The zero-order chi connectivity index (χ0) is 9.97. The van der Waals surface area contributed by atoms with E-state index < -0.39 is 0 Å². The topological polar surface area (TPSA) is 26.0 Å². The highest BCUT2D eigenvalue weighted by Crippen LogP contribution is 2.24. The van der Waals surface area contributed by atoms with Crippen LogP contribution < -0.4 is 0 Å². The maximum atomic E-state index is 12.9. The lowest BCUT2D eigenvalue weighted by Crippen LogP contribution is -1.81. The Balaban J connectivity index is 2.49. The monoisotopic (exact) mass is 211 g/mol. The number of rotatable bonds is 2. The van der Waals surface area contributed by atoms with Gasteiger partial charge < -0.3 is 4.52 Å². The molecule has 2 nitrogen and oxygen atoms in total. The van der Waals surface area contributed by atoms with Crippen molar-refractivity contribution in [2.75, 3.05) is 0 Å². The summed E-state index contributed by atoms with van der Waals surface area (Å²) in [7, 11) is 0. The van der Waals surface area contributed by atoms with Crippen molar-refractivity contribution in [3.05, 3.63) is 41.8 Å². The van der Waals surface area contributed by atoms with E-state index in [0.29, 0.717) is 17.2 Å². The van der Waals surface area contributed by atoms with Crippen molar-refractivity contribution in [1.29, 1.82) is 0 Å². The molecule has 1 aromatic heterocycles. The predicted molar refractivity (Wildman–Crippen MR) is 51.5 cm³/mol. The van der Waals surface area contributed by atoms with Gasteiger partial charge in [0, 0.05) is 11.1 Å². The number of benzene rings is 1. The van der Waals surface area contributed by atoms with Crippen molar-refractivity contribution in [2.24, 2.45) is 0 Å². The van der Waals surface area contributed by atoms with E-state index in [4.69, 9.17) is 16.1 Å². The van der Waals surface area contributed by atoms with Crippen LogP contribution in [-0.4, -0.2) is 5.16 Å². The largest absolute Gasteiger partial charge is 0.356 e. The van der Waals surface area contributed by atoms with Gasteiger partial charge in [-0.15, -0.1) is 11.6 Å². The van der Waals surface area contributed by atoms with Crippen LogP contribution in [0.1, 0.15) is 5.56 Å². The van der Waals surface area contributed by atoms with Crippen molar-refractivity contribution >= 4 is 11.6 Å². The molecule has 0 N–H and O–H groups in total. The molecule has 1 heterocycles. The van der Waals surface area contributed by atoms with E-state index >= 15 is 0 Å². The molecule has 0 bridgehead atoms. The highest BCUT2D eigenvalue weighted by molar-refractivity contribution is 6.17. The minimum atomic E-state index is -0.306. The second-order valence-corrected chi connectivity index (χ2v) is 3.09. The van der Waals surface area contributed by atoms with Crippen LogP contribution in [0.2, 0.25) is 0 Å². The third-order valence-electron chi connectivity index (χ3n) is 1.87. The second-order valence-electron chi connectivity index (χ2n) is 2.82. The summed E-state index contributed by atoms with van der Waals surface area (Å²) < 4.78 is 17.9. The summed E-state index contributed by atoms with van der Waals surface area (Å²) in [6.07, 6.45) is 1.53. The van der Waals surface area contributed by atoms with Crippen LogP contribution in [0.25, 0.3) is 11.3 Å². The number of alkyl halides is 1. The van der Waals surface area contributed by atoms with Crippen molar-refractivity contribution in [2.45, 2.75) is 5.88 Å². The van der Waals surface area contributed by atoms with Gasteiger partial charge in [-0.1, -0.05) is 17.3 Å². The summed E-state index contributed by atoms with van der Waals surface area (Å²) in [6.45, 7) is 0. The molecule has 0 aliphatic carbocycles. The molecule has 0 atom stereocenters. The lowest BCUT2D eigenvalue weighted by Gasteiger charge is -1.97. The number of aromatic nitrogens is 1. The van der Waals surface area contributed by atoms with Gasteiger partial charge in [0.05, 0.1) is 12.1 Å². The number of hydrogen-bond donors (Lipinski definition) is 0. The van der Waals surface area contributed by atoms with E-state index in [0.717, 1.165) is 5.56 Å². The van der Waals surface area contributed by atoms with Crippen molar-refractivity contribution in [3.8, 4) is 11.3 Å². The predicted octanol–water partition coefficient (Wildman–Crippen LogP) is 3.22. The van der Waals surface area contributed by atoms with Gasteiger partial charge in [-0.05, 0) is 12.1 Å². The minimum absolute atomic E-state index is 0.301. The van der Waals surface area contributed by atoms with Gasteiger partial charge in [-0.25, -0.2) is 4.39 Å². The summed E-state index contributed by atoms with van der Waals surface area (Å²) in [5.41, 5.74) is 1.41. The van der Waals surface area contributed by atoms with Gasteiger partial charge in [0.2, 0.25) is 0 Å². The molecular formula is C10H7ClFNO. The maximum absolute atomic E-state index is 12.9. The second kappa shape index (κ2) is 3.80. The molecule has 0 aliphatic heterocycles. The zero-order valence-corrected chi connectivity index (χ0v) is 7.96. The molecule has 2 rings (SSSR count). The molecule has 0 fully saturated rings. The van der Waals surface area contributed by atoms with Gasteiger partial charge in [0.1, 0.15) is 5.82 Å². The number of nitrogens with zero attached hydrogens (tertiary/aromatic N) is 1. The first-order valence-corrected chi connectivity index (χ1v) is 4.60. The quantitative estimate of drug-likeness (QED) is 0.713. The fourth-order valence-electron chi connectivity index (χ4n) is 1.22. The highest BCUT2D eigenvalue weighted by atomic mass is 35.5. The number of halogens is 2. The van der Waals surface area contributed by atoms with Gasteiger partial charge in [-0.2, -0.15) is 0 Å². The smallest absolute Gasteiger partial charge is 0.171 e. The summed E-state index contributed by atoms with van der Waals surface area (Å²) in [5.74, 6) is 0.522. The van der Waals surface area contributed by atoms with Crippen LogP contribution in [0.4, 0.5) is 4.39 Å². The fraction of sp³-hybridized carbons (Fsp3) is 0.100. The lowest BCUT2D eigenvalue weighted by molar-refractivity contribution is 0.431. The van der Waals surface area contributed by atoms with E-state index in [-0.39, 0.29) is 5.82 Å². The van der Waals surface area contributed by atoms with E-state index in [1.54, 1.807) is 12.1 Å². The van der Waals surface area contributed by atoms with Crippen molar-refractivity contribution in [1.82, 2.24) is 5.16 Å². The first-order valence-electron chi connectivity index (χ1n) is 4.06. The third-order valence-corrected chi connectivity index (χ3v) is 2.16. The van der Waals surface area contributed by atoms with E-state index in [1.807, 2.05) is 0 Å². The van der Waals surface area contributed by atoms with Crippen LogP contribution >= 0.6 is 11.6 Å². The Kier molecular flexibility index (Phi) is 2.50. The Morgan fingerprint density at radius 1 is 1.43 bits per heavy atom. The van der Waals surface area contributed by atoms with Crippen LogP contribution in [0.15, 0.2) is 35.0 Å². The first kappa shape index (κ1) is 9.21. The van der Waals surface area contributed by atoms with Crippen LogP contribution in [0.3, 0.4) is 0 Å². The summed E-state index contributed by atoms with van der Waals surface area (Å²) in [4.78, 5) is 0. The molecule has 0 saturated heterocycles. The van der Waals surface area contributed by atoms with Gasteiger partial charge in [0.15, 0.2) is 5.76 Å². The SMILES string of the molecule is Fc1cccc(-c2oncc2CCl)c1. The number of hydrogen-bond acceptors (Lipinski definition) is 2. The molecule has 0 amide bonds. The fourth-order valence-corrected chi connectivity index (χ4v) is 1.41. The molecule has 1 aromatic carbocycles. The summed E-state index contributed by atoms with van der Waals surface area (Å²) in [6, 6.07) is 6.13.